The minimum Gasteiger partial charge on any atom is -0.318 e. The molecule has 0 saturated carbocycles. The van der Waals surface area contributed by atoms with Crippen molar-refractivity contribution in [2.24, 2.45) is 5.73 Å². The van der Waals surface area contributed by atoms with E-state index in [9.17, 15) is 13.2 Å². The Bertz CT molecular complexity index is 271. The molecule has 8 heteroatoms. The Morgan fingerprint density at radius 3 is 2.55 bits per heavy atom. The van der Waals surface area contributed by atoms with Gasteiger partial charge in [-0.2, -0.15) is 13.5 Å². The molecule has 1 aliphatic heterocycles. The van der Waals surface area contributed by atoms with Gasteiger partial charge in [0, 0.05) is 0 Å². The fourth-order valence-corrected chi connectivity index (χ4v) is 0.962. The van der Waals surface area contributed by atoms with Crippen LogP contribution in [0.3, 0.4) is 0 Å². The molecule has 7 nitrogen and oxygen atoms in total. The van der Waals surface area contributed by atoms with Crippen LogP contribution >= 0.6 is 0 Å². The van der Waals surface area contributed by atoms with Crippen LogP contribution in [0.25, 0.3) is 0 Å². The van der Waals surface area contributed by atoms with E-state index in [1.807, 2.05) is 0 Å². The third-order valence-corrected chi connectivity index (χ3v) is 1.48. The summed E-state index contributed by atoms with van der Waals surface area (Å²) in [6.07, 6.45) is 0. The van der Waals surface area contributed by atoms with E-state index in [-0.39, 0.29) is 6.54 Å². The summed E-state index contributed by atoms with van der Waals surface area (Å²) >= 11 is 0. The van der Waals surface area contributed by atoms with Crippen LogP contribution < -0.4 is 5.73 Å². The Kier molecular flexibility index (Phi) is 1.84. The molecular weight excluding hydrogens is 176 g/mol. The lowest BCUT2D eigenvalue weighted by Gasteiger charge is -2.32. The molecule has 1 rings (SSSR count). The van der Waals surface area contributed by atoms with Crippen molar-refractivity contribution < 1.29 is 22.0 Å². The molecule has 0 bridgehead atoms. The number of hydrogen-bond acceptors (Lipinski definition) is 5. The number of hydrogen-bond donors (Lipinski definition) is 2. The predicted octanol–water partition coefficient (Wildman–Crippen LogP) is -2.11. The second-order valence-electron chi connectivity index (χ2n) is 2.01. The normalized spacial score (nSPS) is 25.1. The Hall–Kier alpha value is -0.700. The van der Waals surface area contributed by atoms with Gasteiger partial charge in [-0.15, -0.1) is 4.28 Å². The third kappa shape index (κ3) is 1.87. The van der Waals surface area contributed by atoms with E-state index in [4.69, 9.17) is 10.3 Å². The van der Waals surface area contributed by atoms with Crippen LogP contribution in [0.1, 0.15) is 0 Å². The molecule has 1 unspecified atom stereocenters. The van der Waals surface area contributed by atoms with Gasteiger partial charge in [0.25, 0.3) is 5.91 Å². The number of nitrogens with two attached hydrogens (primary N) is 1. The first kappa shape index (κ1) is 8.40. The van der Waals surface area contributed by atoms with Crippen molar-refractivity contribution in [3.8, 4) is 0 Å². The van der Waals surface area contributed by atoms with E-state index < -0.39 is 22.3 Å². The summed E-state index contributed by atoms with van der Waals surface area (Å²) in [5.41, 5.74) is 5.08. The van der Waals surface area contributed by atoms with Crippen LogP contribution in [-0.4, -0.2) is 36.5 Å². The molecule has 1 saturated heterocycles. The summed E-state index contributed by atoms with van der Waals surface area (Å²) in [6.45, 7) is -0.0291. The molecule has 1 fully saturated rings. The van der Waals surface area contributed by atoms with E-state index in [0.717, 1.165) is 0 Å². The minimum absolute atomic E-state index is 0.0291. The van der Waals surface area contributed by atoms with Gasteiger partial charge in [-0.05, 0) is 0 Å². The fraction of sp³-hybridized carbons (Fsp3) is 0.667. The van der Waals surface area contributed by atoms with Gasteiger partial charge < -0.3 is 5.73 Å². The van der Waals surface area contributed by atoms with E-state index in [2.05, 4.69) is 4.28 Å². The minimum atomic E-state index is -4.59. The predicted molar refractivity (Wildman–Crippen MR) is 32.3 cm³/mol. The second kappa shape index (κ2) is 2.41. The van der Waals surface area contributed by atoms with Crippen molar-refractivity contribution in [2.75, 3.05) is 6.54 Å². The third-order valence-electron chi connectivity index (χ3n) is 1.11. The van der Waals surface area contributed by atoms with Crippen molar-refractivity contribution in [1.82, 2.24) is 5.06 Å². The van der Waals surface area contributed by atoms with Gasteiger partial charge in [0.15, 0.2) is 0 Å². The number of hydroxylamine groups is 2. The standard InChI is InChI=1S/C3H6N2O5S/c4-2-1-5(3(2)6)10-11(7,8)9/h2H,1,4H2,(H,7,8,9). The van der Waals surface area contributed by atoms with Crippen molar-refractivity contribution in [3.63, 3.8) is 0 Å². The van der Waals surface area contributed by atoms with E-state index >= 15 is 0 Å². The first-order valence-electron chi connectivity index (χ1n) is 2.64. The number of nitrogens with zero attached hydrogens (tertiary/aromatic N) is 1. The molecule has 1 amide bonds. The Labute approximate surface area is 62.6 Å². The van der Waals surface area contributed by atoms with E-state index in [1.54, 1.807) is 0 Å². The maximum atomic E-state index is 10.5. The van der Waals surface area contributed by atoms with Gasteiger partial charge in [0.2, 0.25) is 0 Å². The highest BCUT2D eigenvalue weighted by Gasteiger charge is 2.37. The maximum Gasteiger partial charge on any atom is 0.418 e. The highest BCUT2D eigenvalue weighted by molar-refractivity contribution is 7.80. The summed E-state index contributed by atoms with van der Waals surface area (Å²) in [5.74, 6) is -0.664. The molecule has 64 valence electrons. The first-order valence-corrected chi connectivity index (χ1v) is 4.00. The average molecular weight is 182 g/mol. The number of carbonyl (C=O) groups is 1. The lowest BCUT2D eigenvalue weighted by atomic mass is 10.2. The van der Waals surface area contributed by atoms with Gasteiger partial charge in [-0.1, -0.05) is 0 Å². The zero-order valence-electron chi connectivity index (χ0n) is 5.30. The second-order valence-corrected chi connectivity index (χ2v) is 3.01. The number of rotatable bonds is 2. The lowest BCUT2D eigenvalue weighted by Crippen LogP contribution is -2.60. The molecule has 0 aliphatic carbocycles. The van der Waals surface area contributed by atoms with Crippen LogP contribution in [0.15, 0.2) is 0 Å². The largest absolute Gasteiger partial charge is 0.418 e. The molecular formula is C3H6N2O5S. The summed E-state index contributed by atoms with van der Waals surface area (Å²) in [4.78, 5) is 10.5. The highest BCUT2D eigenvalue weighted by atomic mass is 32.3. The monoisotopic (exact) mass is 182 g/mol. The molecule has 1 heterocycles. The molecule has 0 radical (unpaired) electrons. The molecule has 0 aromatic rings. The summed E-state index contributed by atoms with van der Waals surface area (Å²) in [5, 5.41) is 0.472. The maximum absolute atomic E-state index is 10.5. The van der Waals surface area contributed by atoms with Gasteiger partial charge in [0.05, 0.1) is 6.54 Å². The fourth-order valence-electron chi connectivity index (χ4n) is 0.600. The van der Waals surface area contributed by atoms with Gasteiger partial charge in [0.1, 0.15) is 6.04 Å². The lowest BCUT2D eigenvalue weighted by molar-refractivity contribution is -0.178. The Morgan fingerprint density at radius 1 is 1.73 bits per heavy atom. The molecule has 11 heavy (non-hydrogen) atoms. The van der Waals surface area contributed by atoms with Crippen LogP contribution in [0, 0.1) is 0 Å². The summed E-state index contributed by atoms with van der Waals surface area (Å²) in [7, 11) is -4.59. The van der Waals surface area contributed by atoms with Crippen molar-refractivity contribution >= 4 is 16.3 Å². The van der Waals surface area contributed by atoms with Crippen LogP contribution in [0.2, 0.25) is 0 Å². The van der Waals surface area contributed by atoms with Crippen LogP contribution in [0.5, 0.6) is 0 Å². The molecule has 3 N–H and O–H groups in total. The molecule has 0 aromatic heterocycles. The topological polar surface area (TPSA) is 110 Å². The first-order chi connectivity index (χ1) is 4.90. The number of carbonyl (C=O) groups excluding carboxylic acids is 1. The van der Waals surface area contributed by atoms with Crippen molar-refractivity contribution in [1.29, 1.82) is 0 Å². The molecule has 0 aromatic carbocycles. The Balaban J connectivity index is 2.50. The molecule has 1 atom stereocenters. The van der Waals surface area contributed by atoms with E-state index in [1.165, 1.54) is 0 Å². The highest BCUT2D eigenvalue weighted by Crippen LogP contribution is 2.09. The SMILES string of the molecule is NC1CN(OS(=O)(=O)O)C1=O. The molecule has 0 spiro atoms. The number of β-lactam (4-membered cyclic amide) rings is 1. The van der Waals surface area contributed by atoms with Crippen molar-refractivity contribution in [3.05, 3.63) is 0 Å². The van der Waals surface area contributed by atoms with Crippen LogP contribution in [-0.2, 0) is 19.5 Å². The van der Waals surface area contributed by atoms with E-state index in [0.29, 0.717) is 5.06 Å². The Morgan fingerprint density at radius 2 is 2.27 bits per heavy atom. The zero-order chi connectivity index (χ0) is 8.65. The average Bonchev–Trinajstić information content (AvgIpc) is 1.84. The summed E-state index contributed by atoms with van der Waals surface area (Å²) in [6, 6.07) is -0.725. The van der Waals surface area contributed by atoms with Gasteiger partial charge in [-0.25, -0.2) is 0 Å². The number of amides is 1. The quantitative estimate of drug-likeness (QED) is 0.373. The zero-order valence-corrected chi connectivity index (χ0v) is 6.11. The van der Waals surface area contributed by atoms with Gasteiger partial charge in [-0.3, -0.25) is 9.35 Å². The molecule has 1 aliphatic rings. The van der Waals surface area contributed by atoms with Gasteiger partial charge >= 0.3 is 10.4 Å². The summed E-state index contributed by atoms with van der Waals surface area (Å²) < 4.78 is 31.8. The van der Waals surface area contributed by atoms with Crippen LogP contribution in [0.4, 0.5) is 0 Å². The van der Waals surface area contributed by atoms with Crippen molar-refractivity contribution in [2.45, 2.75) is 6.04 Å². The smallest absolute Gasteiger partial charge is 0.318 e.